The SMILES string of the molecule is CC/C=C\C/C=C\C/C=C\C/C=C\C/C=C\CCCCCCC(O)C(=O)NC(COC1OC(CO)C(O)C(O)C1OC(=O)CCCCCCCCC/C=C/C=C/C=C/CC)C(O)/C=C/CCCCCCCCCCCCC. The van der Waals surface area contributed by atoms with Crippen LogP contribution in [0.25, 0.3) is 0 Å². The summed E-state index contributed by atoms with van der Waals surface area (Å²) in [5.41, 5.74) is 0. The van der Waals surface area contributed by atoms with E-state index in [-0.39, 0.29) is 19.4 Å². The molecule has 1 aliphatic heterocycles. The van der Waals surface area contributed by atoms with Crippen molar-refractivity contribution >= 4 is 11.9 Å². The Hall–Kier alpha value is -3.68. The highest BCUT2D eigenvalue weighted by atomic mass is 16.7. The summed E-state index contributed by atoms with van der Waals surface area (Å²) in [6.45, 7) is 5.52. The van der Waals surface area contributed by atoms with Gasteiger partial charge in [0.2, 0.25) is 5.91 Å². The van der Waals surface area contributed by atoms with Crippen molar-refractivity contribution < 1.29 is 49.3 Å². The van der Waals surface area contributed by atoms with Crippen molar-refractivity contribution in [3.63, 3.8) is 0 Å². The first-order valence-corrected chi connectivity index (χ1v) is 30.7. The third-order valence-corrected chi connectivity index (χ3v) is 13.7. The summed E-state index contributed by atoms with van der Waals surface area (Å²) in [5, 5.41) is 57.0. The van der Waals surface area contributed by atoms with Gasteiger partial charge in [-0.1, -0.05) is 246 Å². The second-order valence-corrected chi connectivity index (χ2v) is 20.7. The Kier molecular flexibility index (Phi) is 49.1. The van der Waals surface area contributed by atoms with Crippen molar-refractivity contribution in [3.05, 3.63) is 109 Å². The maximum absolute atomic E-state index is 13.4. The van der Waals surface area contributed by atoms with Crippen LogP contribution in [0.5, 0.6) is 0 Å². The third-order valence-electron chi connectivity index (χ3n) is 13.7. The van der Waals surface area contributed by atoms with Crippen molar-refractivity contribution in [1.82, 2.24) is 5.32 Å². The number of carbonyl (C=O) groups is 2. The van der Waals surface area contributed by atoms with Crippen LogP contribution in [0.4, 0.5) is 0 Å². The largest absolute Gasteiger partial charge is 0.454 e. The molecule has 8 atom stereocenters. The van der Waals surface area contributed by atoms with E-state index in [0.29, 0.717) is 12.8 Å². The molecule has 1 amide bonds. The quantitative estimate of drug-likeness (QED) is 0.0149. The molecule has 8 unspecified atom stereocenters. The van der Waals surface area contributed by atoms with Gasteiger partial charge in [-0.05, 0) is 89.9 Å². The molecule has 77 heavy (non-hydrogen) atoms. The van der Waals surface area contributed by atoms with Gasteiger partial charge in [0.05, 0.1) is 25.4 Å². The highest BCUT2D eigenvalue weighted by Crippen LogP contribution is 2.26. The topological polar surface area (TPSA) is 175 Å². The Balaban J connectivity index is 2.73. The second kappa shape index (κ2) is 53.0. The fraction of sp³-hybridized carbons (Fsp3) is 0.697. The van der Waals surface area contributed by atoms with E-state index in [4.69, 9.17) is 14.2 Å². The van der Waals surface area contributed by atoms with E-state index in [1.807, 2.05) is 12.2 Å². The lowest BCUT2D eigenvalue weighted by Gasteiger charge is -2.41. The molecule has 0 bridgehead atoms. The Labute approximate surface area is 468 Å². The molecule has 1 rings (SSSR count). The molecular weight excluding hydrogens is 967 g/mol. The molecule has 0 aliphatic carbocycles. The smallest absolute Gasteiger partial charge is 0.306 e. The number of allylic oxidation sites excluding steroid dienone is 17. The van der Waals surface area contributed by atoms with Crippen molar-refractivity contribution in [1.29, 1.82) is 0 Å². The van der Waals surface area contributed by atoms with E-state index in [9.17, 15) is 35.1 Å². The average Bonchev–Trinajstić information content (AvgIpc) is 3.43. The zero-order chi connectivity index (χ0) is 56.1. The summed E-state index contributed by atoms with van der Waals surface area (Å²) in [6, 6.07) is -1.04. The fourth-order valence-electron chi connectivity index (χ4n) is 8.91. The number of esters is 1. The van der Waals surface area contributed by atoms with E-state index in [2.05, 4.69) is 117 Å². The number of hydrogen-bond acceptors (Lipinski definition) is 10. The monoisotopic (exact) mass is 1080 g/mol. The maximum atomic E-state index is 13.4. The highest BCUT2D eigenvalue weighted by Gasteiger charge is 2.47. The first-order valence-electron chi connectivity index (χ1n) is 30.7. The summed E-state index contributed by atoms with van der Waals surface area (Å²) in [5.74, 6) is -1.23. The predicted molar refractivity (Wildman–Crippen MR) is 319 cm³/mol. The number of aliphatic hydroxyl groups excluding tert-OH is 5. The van der Waals surface area contributed by atoms with Gasteiger partial charge in [-0.2, -0.15) is 0 Å². The number of nitrogens with one attached hydrogen (secondary N) is 1. The van der Waals surface area contributed by atoms with Crippen LogP contribution < -0.4 is 5.32 Å². The van der Waals surface area contributed by atoms with Gasteiger partial charge in [-0.25, -0.2) is 0 Å². The summed E-state index contributed by atoms with van der Waals surface area (Å²) >= 11 is 0. The molecule has 440 valence electrons. The van der Waals surface area contributed by atoms with Crippen LogP contribution in [0.1, 0.15) is 233 Å². The lowest BCUT2D eigenvalue weighted by molar-refractivity contribution is -0.305. The molecule has 11 nitrogen and oxygen atoms in total. The van der Waals surface area contributed by atoms with Crippen LogP contribution in [0.15, 0.2) is 109 Å². The van der Waals surface area contributed by atoms with Gasteiger partial charge in [-0.15, -0.1) is 0 Å². The second-order valence-electron chi connectivity index (χ2n) is 20.7. The van der Waals surface area contributed by atoms with E-state index in [1.54, 1.807) is 6.08 Å². The fourth-order valence-corrected chi connectivity index (χ4v) is 8.91. The van der Waals surface area contributed by atoms with Crippen LogP contribution >= 0.6 is 0 Å². The number of hydrogen-bond donors (Lipinski definition) is 6. The number of amides is 1. The Morgan fingerprint density at radius 3 is 1.55 bits per heavy atom. The highest BCUT2D eigenvalue weighted by molar-refractivity contribution is 5.80. The van der Waals surface area contributed by atoms with Gasteiger partial charge in [0.25, 0.3) is 0 Å². The van der Waals surface area contributed by atoms with Gasteiger partial charge in [0.1, 0.15) is 24.4 Å². The molecule has 0 radical (unpaired) electrons. The third kappa shape index (κ3) is 41.1. The number of aliphatic hydroxyl groups is 5. The molecule has 11 heteroatoms. The molecular formula is C66H111NO10. The molecule has 1 fully saturated rings. The molecule has 1 aliphatic rings. The van der Waals surface area contributed by atoms with Gasteiger partial charge >= 0.3 is 5.97 Å². The molecule has 0 saturated carbocycles. The van der Waals surface area contributed by atoms with Gasteiger partial charge in [0.15, 0.2) is 12.4 Å². The summed E-state index contributed by atoms with van der Waals surface area (Å²) < 4.78 is 17.6. The van der Waals surface area contributed by atoms with Crippen LogP contribution in [-0.2, 0) is 23.8 Å². The summed E-state index contributed by atoms with van der Waals surface area (Å²) in [6.07, 6.45) is 61.2. The number of ether oxygens (including phenoxy) is 3. The van der Waals surface area contributed by atoms with Crippen LogP contribution in [0.2, 0.25) is 0 Å². The average molecular weight is 1080 g/mol. The summed E-state index contributed by atoms with van der Waals surface area (Å²) in [7, 11) is 0. The maximum Gasteiger partial charge on any atom is 0.306 e. The van der Waals surface area contributed by atoms with Crippen molar-refractivity contribution in [2.45, 2.75) is 282 Å². The standard InChI is InChI=1S/C66H111NO10/c1-4-7-10-13-16-19-22-25-27-28-29-30-31-33-35-38-41-44-47-50-53-59(70)65(74)67-57(58(69)52-49-46-43-40-37-34-24-21-18-15-12-9-6-3)56-75-66-64(63(73)62(72)60(55-68)76-66)77-61(71)54-51-48-45-42-39-36-32-26-23-20-17-14-11-8-5-2/h7-8,10-11,14,16-17,19-20,23,25,27,29-30,33,35,49,52,57-60,62-64,66,68-70,72-73H,4-6,9,12-13,15,18,21-22,24,26,28,31-32,34,36-48,50-51,53-56H2,1-3H3,(H,67,74)/b10-7-,11-8+,17-14+,19-16-,23-20+,27-25-,30-29-,35-33-,52-49+. The molecule has 0 aromatic carbocycles. The number of unbranched alkanes of at least 4 members (excludes halogenated alkanes) is 22. The van der Waals surface area contributed by atoms with Crippen molar-refractivity contribution in [2.75, 3.05) is 13.2 Å². The Morgan fingerprint density at radius 2 is 1.00 bits per heavy atom. The lowest BCUT2D eigenvalue weighted by Crippen LogP contribution is -2.61. The van der Waals surface area contributed by atoms with Crippen LogP contribution in [0, 0.1) is 0 Å². The molecule has 1 saturated heterocycles. The molecule has 6 N–H and O–H groups in total. The van der Waals surface area contributed by atoms with Gasteiger partial charge < -0.3 is 45.1 Å². The number of rotatable bonds is 50. The molecule has 0 aromatic rings. The molecule has 0 spiro atoms. The normalized spacial score (nSPS) is 19.8. The van der Waals surface area contributed by atoms with Crippen LogP contribution in [-0.4, -0.2) is 99.6 Å². The first kappa shape index (κ1) is 71.3. The molecule has 0 aromatic heterocycles. The minimum absolute atomic E-state index is 0.102. The van der Waals surface area contributed by atoms with E-state index in [1.165, 1.54) is 51.4 Å². The minimum Gasteiger partial charge on any atom is -0.454 e. The van der Waals surface area contributed by atoms with Gasteiger partial charge in [-0.3, -0.25) is 9.59 Å². The predicted octanol–water partition coefficient (Wildman–Crippen LogP) is 14.5. The zero-order valence-electron chi connectivity index (χ0n) is 48.5. The van der Waals surface area contributed by atoms with Crippen molar-refractivity contribution in [3.8, 4) is 0 Å². The summed E-state index contributed by atoms with van der Waals surface area (Å²) in [4.78, 5) is 26.5. The zero-order valence-corrected chi connectivity index (χ0v) is 48.5. The van der Waals surface area contributed by atoms with Crippen molar-refractivity contribution in [2.24, 2.45) is 0 Å². The molecule has 1 heterocycles. The number of carbonyl (C=O) groups excluding carboxylic acids is 2. The van der Waals surface area contributed by atoms with E-state index < -0.39 is 67.4 Å². The van der Waals surface area contributed by atoms with Gasteiger partial charge in [0, 0.05) is 6.42 Å². The first-order chi connectivity index (χ1) is 37.7. The minimum atomic E-state index is -1.63. The lowest BCUT2D eigenvalue weighted by atomic mass is 9.99. The Morgan fingerprint density at radius 1 is 0.532 bits per heavy atom. The Bertz CT molecular complexity index is 1660. The van der Waals surface area contributed by atoms with Crippen LogP contribution in [0.3, 0.4) is 0 Å². The van der Waals surface area contributed by atoms with E-state index in [0.717, 1.165) is 135 Å². The van der Waals surface area contributed by atoms with E-state index >= 15 is 0 Å².